The summed E-state index contributed by atoms with van der Waals surface area (Å²) in [5, 5.41) is 3.46. The van der Waals surface area contributed by atoms with Crippen molar-refractivity contribution in [2.24, 2.45) is 11.3 Å². The maximum Gasteiger partial charge on any atom is 0.252 e. The molecule has 0 heterocycles. The summed E-state index contributed by atoms with van der Waals surface area (Å²) in [5.74, 6) is 0.773. The summed E-state index contributed by atoms with van der Waals surface area (Å²) < 4.78 is 0. The van der Waals surface area contributed by atoms with Gasteiger partial charge in [-0.3, -0.25) is 4.79 Å². The number of nitrogen functional groups attached to an aromatic ring is 1. The fraction of sp³-hybridized carbons (Fsp3) is 0.588. The van der Waals surface area contributed by atoms with Gasteiger partial charge in [-0.15, -0.1) is 0 Å². The van der Waals surface area contributed by atoms with Crippen LogP contribution in [0.4, 0.5) is 5.69 Å². The highest BCUT2D eigenvalue weighted by Crippen LogP contribution is 2.48. The average molecular weight is 307 g/mol. The summed E-state index contributed by atoms with van der Waals surface area (Å²) in [6.07, 6.45) is 9.12. The number of fused-ring (bicyclic) bond motifs is 2. The molecule has 0 radical (unpaired) electrons. The molecule has 1 aromatic rings. The largest absolute Gasteiger partial charge is 0.398 e. The highest BCUT2D eigenvalue weighted by atomic mass is 35.5. The first-order chi connectivity index (χ1) is 10.1. The Balaban J connectivity index is 1.67. The summed E-state index contributed by atoms with van der Waals surface area (Å²) in [6.45, 7) is 0.771. The van der Waals surface area contributed by atoms with Gasteiger partial charge in [0.25, 0.3) is 5.91 Å². The predicted molar refractivity (Wildman–Crippen MR) is 86.4 cm³/mol. The molecule has 0 aliphatic heterocycles. The van der Waals surface area contributed by atoms with E-state index in [0.29, 0.717) is 21.7 Å². The maximum absolute atomic E-state index is 12.4. The van der Waals surface area contributed by atoms with Crippen LogP contribution in [0.5, 0.6) is 0 Å². The number of nitrogens with one attached hydrogen (secondary N) is 1. The zero-order chi connectivity index (χ0) is 14.9. The van der Waals surface area contributed by atoms with Crippen LogP contribution < -0.4 is 11.1 Å². The molecule has 21 heavy (non-hydrogen) atoms. The molecule has 2 bridgehead atoms. The molecular weight excluding hydrogens is 284 g/mol. The van der Waals surface area contributed by atoms with Crippen LogP contribution in [0.2, 0.25) is 5.02 Å². The lowest BCUT2D eigenvalue weighted by molar-refractivity contribution is 0.0682. The quantitative estimate of drug-likeness (QED) is 0.829. The third-order valence-corrected chi connectivity index (χ3v) is 5.68. The van der Waals surface area contributed by atoms with E-state index in [1.807, 2.05) is 0 Å². The van der Waals surface area contributed by atoms with E-state index >= 15 is 0 Å². The van der Waals surface area contributed by atoms with E-state index in [1.54, 1.807) is 18.2 Å². The van der Waals surface area contributed by atoms with E-state index in [4.69, 9.17) is 17.3 Å². The number of hydrogen-bond acceptors (Lipinski definition) is 2. The minimum absolute atomic E-state index is 0.102. The van der Waals surface area contributed by atoms with E-state index in [9.17, 15) is 4.79 Å². The molecule has 3 nitrogen and oxygen atoms in total. The second kappa shape index (κ2) is 5.88. The van der Waals surface area contributed by atoms with Gasteiger partial charge in [-0.05, 0) is 42.7 Å². The molecule has 1 amide bonds. The lowest BCUT2D eigenvalue weighted by Crippen LogP contribution is -2.43. The third-order valence-electron chi connectivity index (χ3n) is 5.26. The molecule has 0 spiro atoms. The molecule has 3 N–H and O–H groups in total. The first-order valence-corrected chi connectivity index (χ1v) is 8.30. The Bertz CT molecular complexity index is 534. The summed E-state index contributed by atoms with van der Waals surface area (Å²) >= 11 is 6.13. The molecule has 0 aromatic heterocycles. The van der Waals surface area contributed by atoms with Gasteiger partial charge in [0.15, 0.2) is 0 Å². The third kappa shape index (κ3) is 3.03. The van der Waals surface area contributed by atoms with Crippen molar-refractivity contribution in [2.45, 2.75) is 44.9 Å². The molecule has 2 fully saturated rings. The molecule has 0 atom stereocenters. The molecule has 2 aliphatic carbocycles. The number of rotatable bonds is 3. The van der Waals surface area contributed by atoms with Crippen molar-refractivity contribution >= 4 is 23.2 Å². The van der Waals surface area contributed by atoms with Crippen molar-refractivity contribution < 1.29 is 4.79 Å². The van der Waals surface area contributed by atoms with Crippen LogP contribution in [0.1, 0.15) is 55.3 Å². The van der Waals surface area contributed by atoms with Gasteiger partial charge in [-0.25, -0.2) is 0 Å². The molecule has 0 saturated heterocycles. The second-order valence-electron chi connectivity index (χ2n) is 6.75. The second-order valence-corrected chi connectivity index (χ2v) is 7.12. The van der Waals surface area contributed by atoms with Gasteiger partial charge < -0.3 is 11.1 Å². The smallest absolute Gasteiger partial charge is 0.252 e. The summed E-state index contributed by atoms with van der Waals surface area (Å²) in [6, 6.07) is 5.21. The Morgan fingerprint density at radius 3 is 2.76 bits per heavy atom. The number of halogens is 1. The fourth-order valence-electron chi connectivity index (χ4n) is 4.16. The van der Waals surface area contributed by atoms with Gasteiger partial charge in [0, 0.05) is 6.54 Å². The summed E-state index contributed by atoms with van der Waals surface area (Å²) in [5.41, 5.74) is 7.03. The Labute approximate surface area is 131 Å². The average Bonchev–Trinajstić information content (AvgIpc) is 2.48. The van der Waals surface area contributed by atoms with Crippen LogP contribution in [0.3, 0.4) is 0 Å². The zero-order valence-electron chi connectivity index (χ0n) is 12.3. The van der Waals surface area contributed by atoms with Gasteiger partial charge in [-0.2, -0.15) is 0 Å². The molecule has 0 unspecified atom stereocenters. The van der Waals surface area contributed by atoms with E-state index in [1.165, 1.54) is 44.9 Å². The lowest BCUT2D eigenvalue weighted by atomic mass is 9.62. The molecule has 114 valence electrons. The van der Waals surface area contributed by atoms with Crippen molar-refractivity contribution in [3.63, 3.8) is 0 Å². The number of carbonyl (C=O) groups excluding carboxylic acids is 1. The summed E-state index contributed by atoms with van der Waals surface area (Å²) in [7, 11) is 0. The molecule has 1 aromatic carbocycles. The number of nitrogens with two attached hydrogens (primary N) is 1. The van der Waals surface area contributed by atoms with Crippen LogP contribution in [-0.4, -0.2) is 12.5 Å². The first-order valence-electron chi connectivity index (χ1n) is 7.92. The van der Waals surface area contributed by atoms with Crippen molar-refractivity contribution in [3.05, 3.63) is 28.8 Å². The van der Waals surface area contributed by atoms with Crippen molar-refractivity contribution in [3.8, 4) is 0 Å². The predicted octanol–water partition coefficient (Wildman–Crippen LogP) is 4.01. The molecule has 2 saturated carbocycles. The Morgan fingerprint density at radius 2 is 2.05 bits per heavy atom. The molecule has 3 rings (SSSR count). The lowest BCUT2D eigenvalue weighted by Gasteiger charge is -2.45. The van der Waals surface area contributed by atoms with Gasteiger partial charge in [-0.1, -0.05) is 43.4 Å². The van der Waals surface area contributed by atoms with Crippen LogP contribution in [0.15, 0.2) is 18.2 Å². The SMILES string of the molecule is Nc1cccc(C(=O)NCC23CCCC(CCC2)C3)c1Cl. The highest BCUT2D eigenvalue weighted by molar-refractivity contribution is 6.36. The minimum Gasteiger partial charge on any atom is -0.398 e. The number of carbonyl (C=O) groups is 1. The van der Waals surface area contributed by atoms with Crippen molar-refractivity contribution in [2.75, 3.05) is 12.3 Å². The maximum atomic E-state index is 12.4. The fourth-order valence-corrected chi connectivity index (χ4v) is 4.37. The van der Waals surface area contributed by atoms with Crippen LogP contribution >= 0.6 is 11.6 Å². The number of anilines is 1. The van der Waals surface area contributed by atoms with E-state index in [0.717, 1.165) is 12.5 Å². The van der Waals surface area contributed by atoms with Gasteiger partial charge in [0.1, 0.15) is 0 Å². The molecular formula is C17H23ClN2O. The molecule has 2 aliphatic rings. The minimum atomic E-state index is -0.102. The van der Waals surface area contributed by atoms with Crippen molar-refractivity contribution in [1.82, 2.24) is 5.32 Å². The van der Waals surface area contributed by atoms with E-state index < -0.39 is 0 Å². The Hall–Kier alpha value is -1.22. The molecule has 4 heteroatoms. The van der Waals surface area contributed by atoms with E-state index in [-0.39, 0.29) is 5.91 Å². The Morgan fingerprint density at radius 1 is 1.33 bits per heavy atom. The van der Waals surface area contributed by atoms with Crippen LogP contribution in [0.25, 0.3) is 0 Å². The Kier molecular flexibility index (Phi) is 4.12. The highest BCUT2D eigenvalue weighted by Gasteiger charge is 2.39. The van der Waals surface area contributed by atoms with Gasteiger partial charge >= 0.3 is 0 Å². The van der Waals surface area contributed by atoms with Gasteiger partial charge in [0.2, 0.25) is 0 Å². The standard InChI is InChI=1S/C17H23ClN2O/c18-15-13(6-1-7-14(15)19)16(21)20-11-17-8-2-4-12(10-17)5-3-9-17/h1,6-7,12H,2-5,8-11,19H2,(H,20,21). The first kappa shape index (κ1) is 14.7. The van der Waals surface area contributed by atoms with Crippen LogP contribution in [0, 0.1) is 11.3 Å². The van der Waals surface area contributed by atoms with Crippen LogP contribution in [-0.2, 0) is 0 Å². The van der Waals surface area contributed by atoms with Gasteiger partial charge in [0.05, 0.1) is 16.3 Å². The zero-order valence-corrected chi connectivity index (χ0v) is 13.1. The summed E-state index contributed by atoms with van der Waals surface area (Å²) in [4.78, 5) is 12.4. The monoisotopic (exact) mass is 306 g/mol. The van der Waals surface area contributed by atoms with E-state index in [2.05, 4.69) is 5.32 Å². The number of amides is 1. The number of hydrogen-bond donors (Lipinski definition) is 2. The normalized spacial score (nSPS) is 28.1. The van der Waals surface area contributed by atoms with Crippen molar-refractivity contribution in [1.29, 1.82) is 0 Å². The number of benzene rings is 1. The topological polar surface area (TPSA) is 55.1 Å².